The van der Waals surface area contributed by atoms with E-state index >= 15 is 0 Å². The third kappa shape index (κ3) is 6.23. The monoisotopic (exact) mass is 868 g/mol. The molecular formula is C64H61BN2. The third-order valence-corrected chi connectivity index (χ3v) is 15.5. The van der Waals surface area contributed by atoms with Crippen molar-refractivity contribution in [3.05, 3.63) is 173 Å². The quantitative estimate of drug-likeness (QED) is 0.147. The smallest absolute Gasteiger partial charge is 0.252 e. The van der Waals surface area contributed by atoms with E-state index in [2.05, 4.69) is 231 Å². The van der Waals surface area contributed by atoms with Crippen LogP contribution < -0.4 is 16.4 Å². The van der Waals surface area contributed by atoms with Gasteiger partial charge in [-0.1, -0.05) is 173 Å². The molecule has 0 fully saturated rings. The van der Waals surface area contributed by atoms with Crippen molar-refractivity contribution in [2.45, 2.75) is 105 Å². The lowest BCUT2D eigenvalue weighted by molar-refractivity contribution is 0.591. The summed E-state index contributed by atoms with van der Waals surface area (Å²) in [4.78, 5) is 0. The molecule has 0 radical (unpaired) electrons. The number of rotatable bonds is 6. The molecule has 4 heterocycles. The number of nitrogens with zero attached hydrogens (tertiary/aromatic N) is 2. The van der Waals surface area contributed by atoms with Gasteiger partial charge in [0.15, 0.2) is 0 Å². The standard InChI is InChI=1S/C64H61BN2/c1-12-39-27-42(37(2)3)28-48(38(4)5)59(39)45-33-57-60-58(34-45)67-56-26-24-47(64(9,10)11)36-50(56)52-30-44(41-21-17-14-18-22-41)32-54(62(52)67)65(60)53-31-43(40-19-15-13-16-20-40)29-51-49-35-46(63(6,7)8)23-25-55(49)66(57)61(51)53/h13-38H,12H2,1-11H3. The second kappa shape index (κ2) is 14.7. The molecule has 12 rings (SSSR count). The molecule has 10 aromatic rings. The normalized spacial score (nSPS) is 13.3. The SMILES string of the molecule is CCc1cc(C(C)C)cc(C(C)C)c1-c1cc2c3c(c1)-n1c4ccc(C(C)(C)C)cc4c4cc(-c5ccccc5)cc(c41)B3c1cc(-c3ccccc3)cc3c4cc(C(C)(C)C)ccc4n-2c13. The Bertz CT molecular complexity index is 3470. The first-order chi connectivity index (χ1) is 32.1. The summed E-state index contributed by atoms with van der Waals surface area (Å²) in [6, 6.07) is 57.1. The number of aromatic nitrogens is 2. The predicted molar refractivity (Wildman–Crippen MR) is 291 cm³/mol. The van der Waals surface area contributed by atoms with Gasteiger partial charge in [-0.2, -0.15) is 0 Å². The van der Waals surface area contributed by atoms with E-state index in [0.29, 0.717) is 11.8 Å². The van der Waals surface area contributed by atoms with Gasteiger partial charge >= 0.3 is 0 Å². The Balaban J connectivity index is 1.31. The second-order valence-electron chi connectivity index (χ2n) is 22.5. The van der Waals surface area contributed by atoms with Gasteiger partial charge in [0.05, 0.1) is 11.0 Å². The topological polar surface area (TPSA) is 9.86 Å². The maximum atomic E-state index is 2.68. The Hall–Kier alpha value is -6.58. The van der Waals surface area contributed by atoms with Crippen molar-refractivity contribution in [1.82, 2.24) is 9.13 Å². The fourth-order valence-electron chi connectivity index (χ4n) is 11.9. The van der Waals surface area contributed by atoms with Gasteiger partial charge in [0.25, 0.3) is 6.71 Å². The first kappa shape index (κ1) is 41.8. The van der Waals surface area contributed by atoms with Gasteiger partial charge in [0.2, 0.25) is 0 Å². The van der Waals surface area contributed by atoms with E-state index in [1.807, 2.05) is 0 Å². The highest BCUT2D eigenvalue weighted by Gasteiger charge is 2.42. The number of fused-ring (bicyclic) bond motifs is 10. The minimum Gasteiger partial charge on any atom is -0.310 e. The molecule has 2 aliphatic rings. The summed E-state index contributed by atoms with van der Waals surface area (Å²) in [5.41, 5.74) is 26.7. The maximum Gasteiger partial charge on any atom is 0.252 e. The van der Waals surface area contributed by atoms with Crippen LogP contribution >= 0.6 is 0 Å². The molecule has 330 valence electrons. The van der Waals surface area contributed by atoms with E-state index in [1.165, 1.54) is 133 Å². The fourth-order valence-corrected chi connectivity index (χ4v) is 11.9. The van der Waals surface area contributed by atoms with E-state index < -0.39 is 0 Å². The van der Waals surface area contributed by atoms with Crippen LogP contribution in [-0.4, -0.2) is 15.8 Å². The zero-order chi connectivity index (χ0) is 46.4. The minimum absolute atomic E-state index is 0.000754. The molecule has 0 spiro atoms. The van der Waals surface area contributed by atoms with E-state index in [1.54, 1.807) is 0 Å². The summed E-state index contributed by atoms with van der Waals surface area (Å²) in [6.45, 7) is 25.8. The molecule has 0 unspecified atom stereocenters. The number of benzene rings is 8. The number of hydrogen-bond donors (Lipinski definition) is 0. The van der Waals surface area contributed by atoms with Crippen LogP contribution in [0.3, 0.4) is 0 Å². The zero-order valence-corrected chi connectivity index (χ0v) is 41.2. The number of aryl methyl sites for hydroxylation is 1. The minimum atomic E-state index is -0.00676. The lowest BCUT2D eigenvalue weighted by atomic mass is 9.34. The van der Waals surface area contributed by atoms with Gasteiger partial charge in [0.1, 0.15) is 0 Å². The fraction of sp³-hybridized carbons (Fsp3) is 0.250. The lowest BCUT2D eigenvalue weighted by Gasteiger charge is -2.35. The Morgan fingerprint density at radius 1 is 0.463 bits per heavy atom. The summed E-state index contributed by atoms with van der Waals surface area (Å²) in [7, 11) is 0. The van der Waals surface area contributed by atoms with E-state index in [0.717, 1.165) is 6.42 Å². The Labute approximate surface area is 397 Å². The summed E-state index contributed by atoms with van der Waals surface area (Å²) in [5.74, 6) is 0.810. The van der Waals surface area contributed by atoms with Crippen LogP contribution in [0, 0.1) is 0 Å². The molecule has 2 nitrogen and oxygen atoms in total. The van der Waals surface area contributed by atoms with Gasteiger partial charge < -0.3 is 9.13 Å². The van der Waals surface area contributed by atoms with Crippen molar-refractivity contribution in [2.24, 2.45) is 0 Å². The van der Waals surface area contributed by atoms with Crippen LogP contribution in [-0.2, 0) is 17.3 Å². The van der Waals surface area contributed by atoms with Gasteiger partial charge in [-0.25, -0.2) is 0 Å². The van der Waals surface area contributed by atoms with Crippen LogP contribution in [0.4, 0.5) is 0 Å². The molecule has 0 aliphatic carbocycles. The predicted octanol–water partition coefficient (Wildman–Crippen LogP) is 15.4. The molecule has 0 saturated heterocycles. The highest BCUT2D eigenvalue weighted by atomic mass is 15.0. The first-order valence-electron chi connectivity index (χ1n) is 24.8. The summed E-state index contributed by atoms with van der Waals surface area (Å²) >= 11 is 0. The zero-order valence-electron chi connectivity index (χ0n) is 41.2. The molecule has 3 heteroatoms. The van der Waals surface area contributed by atoms with Crippen molar-refractivity contribution >= 4 is 66.7 Å². The lowest BCUT2D eigenvalue weighted by Crippen LogP contribution is -2.59. The summed E-state index contributed by atoms with van der Waals surface area (Å²) in [5, 5.41) is 5.29. The molecule has 2 aromatic heterocycles. The van der Waals surface area contributed by atoms with Crippen molar-refractivity contribution in [1.29, 1.82) is 0 Å². The molecule has 0 atom stereocenters. The highest BCUT2D eigenvalue weighted by molar-refractivity contribution is 7.00. The van der Waals surface area contributed by atoms with Crippen molar-refractivity contribution < 1.29 is 0 Å². The molecule has 0 saturated carbocycles. The first-order valence-corrected chi connectivity index (χ1v) is 24.8. The summed E-state index contributed by atoms with van der Waals surface area (Å²) < 4.78 is 5.35. The van der Waals surface area contributed by atoms with Crippen molar-refractivity contribution in [3.8, 4) is 44.8 Å². The van der Waals surface area contributed by atoms with Crippen molar-refractivity contribution in [2.75, 3.05) is 0 Å². The van der Waals surface area contributed by atoms with Crippen LogP contribution in [0.5, 0.6) is 0 Å². The highest BCUT2D eigenvalue weighted by Crippen LogP contribution is 2.46. The largest absolute Gasteiger partial charge is 0.310 e. The molecule has 0 amide bonds. The van der Waals surface area contributed by atoms with Crippen LogP contribution in [0.1, 0.15) is 116 Å². The van der Waals surface area contributed by atoms with Crippen molar-refractivity contribution in [3.63, 3.8) is 0 Å². The van der Waals surface area contributed by atoms with Crippen LogP contribution in [0.2, 0.25) is 0 Å². The molecule has 0 bridgehead atoms. The number of hydrogen-bond acceptors (Lipinski definition) is 0. The Morgan fingerprint density at radius 3 is 1.36 bits per heavy atom. The molecule has 67 heavy (non-hydrogen) atoms. The second-order valence-corrected chi connectivity index (χ2v) is 22.5. The molecule has 0 N–H and O–H groups in total. The van der Waals surface area contributed by atoms with E-state index in [-0.39, 0.29) is 17.5 Å². The van der Waals surface area contributed by atoms with Gasteiger partial charge in [-0.05, 0) is 155 Å². The molecular weight excluding hydrogens is 808 g/mol. The van der Waals surface area contributed by atoms with Crippen LogP contribution in [0.25, 0.3) is 88.4 Å². The maximum absolute atomic E-state index is 2.68. The average Bonchev–Trinajstić information content (AvgIpc) is 3.83. The third-order valence-electron chi connectivity index (χ3n) is 15.5. The molecule has 8 aromatic carbocycles. The van der Waals surface area contributed by atoms with E-state index in [9.17, 15) is 0 Å². The van der Waals surface area contributed by atoms with Crippen LogP contribution in [0.15, 0.2) is 146 Å². The van der Waals surface area contributed by atoms with Gasteiger partial charge in [-0.15, -0.1) is 0 Å². The Kier molecular flexibility index (Phi) is 9.18. The average molecular weight is 869 g/mol. The summed E-state index contributed by atoms with van der Waals surface area (Å²) in [6.07, 6.45) is 0.972. The van der Waals surface area contributed by atoms with Gasteiger partial charge in [0, 0.05) is 44.0 Å². The Morgan fingerprint density at radius 2 is 0.940 bits per heavy atom. The van der Waals surface area contributed by atoms with Gasteiger partial charge in [-0.3, -0.25) is 0 Å². The molecule has 2 aliphatic heterocycles. The van der Waals surface area contributed by atoms with E-state index in [4.69, 9.17) is 0 Å².